The maximum Gasteiger partial charge on any atom is 0.122 e. The van der Waals surface area contributed by atoms with Gasteiger partial charge in [-0.3, -0.25) is 0 Å². The normalized spacial score (nSPS) is 12.1. The third kappa shape index (κ3) is 1.73. The van der Waals surface area contributed by atoms with Gasteiger partial charge in [0.2, 0.25) is 0 Å². The van der Waals surface area contributed by atoms with E-state index in [1.54, 1.807) is 0 Å². The maximum atomic E-state index is 9.49. The van der Waals surface area contributed by atoms with Crippen LogP contribution in [0.4, 0.5) is 0 Å². The Hall–Kier alpha value is -1.11. The van der Waals surface area contributed by atoms with Gasteiger partial charge >= 0.3 is 0 Å². The zero-order valence-corrected chi connectivity index (χ0v) is 7.56. The van der Waals surface area contributed by atoms with Gasteiger partial charge in [0.25, 0.3) is 0 Å². The molecule has 0 aliphatic carbocycles. The fraction of sp³-hybridized carbons (Fsp3) is 0.222. The molecule has 1 aromatic rings. The topological polar surface area (TPSA) is 44.0 Å². The Morgan fingerprint density at radius 2 is 2.42 bits per heavy atom. The first-order valence-corrected chi connectivity index (χ1v) is 4.30. The van der Waals surface area contributed by atoms with Crippen molar-refractivity contribution in [2.45, 2.75) is 13.0 Å². The van der Waals surface area contributed by atoms with E-state index in [0.717, 1.165) is 9.75 Å². The third-order valence-electron chi connectivity index (χ3n) is 1.50. The lowest BCUT2D eigenvalue weighted by Gasteiger charge is -2.03. The number of thiophene rings is 1. The number of nitrogens with zero attached hydrogens (tertiary/aromatic N) is 1. The molecular formula is C9H9NOS. The number of hydrogen-bond donors (Lipinski definition) is 1. The van der Waals surface area contributed by atoms with E-state index in [1.807, 2.05) is 25.1 Å². The Balaban J connectivity index is 2.86. The molecule has 0 amide bonds. The van der Waals surface area contributed by atoms with E-state index in [1.165, 1.54) is 11.3 Å². The lowest BCUT2D eigenvalue weighted by Crippen LogP contribution is -1.95. The minimum Gasteiger partial charge on any atom is -0.382 e. The average Bonchev–Trinajstić information content (AvgIpc) is 2.49. The first-order chi connectivity index (χ1) is 5.65. The molecule has 62 valence electrons. The molecule has 0 radical (unpaired) electrons. The molecule has 0 bridgehead atoms. The highest BCUT2D eigenvalue weighted by atomic mass is 32.1. The van der Waals surface area contributed by atoms with E-state index >= 15 is 0 Å². The molecule has 2 nitrogen and oxygen atoms in total. The standard InChI is InChI=1S/C9H9NOS/c1-6(5-10)9(11)8-4-3-7(2)12-8/h3-4,9,11H,1H2,2H3. The maximum absolute atomic E-state index is 9.49. The molecule has 1 unspecified atom stereocenters. The Morgan fingerprint density at radius 1 is 1.75 bits per heavy atom. The number of aryl methyl sites for hydroxylation is 1. The second-order valence-electron chi connectivity index (χ2n) is 2.49. The predicted molar refractivity (Wildman–Crippen MR) is 48.8 cm³/mol. The fourth-order valence-corrected chi connectivity index (χ4v) is 1.73. The van der Waals surface area contributed by atoms with E-state index in [9.17, 15) is 5.11 Å². The Morgan fingerprint density at radius 3 is 2.83 bits per heavy atom. The zero-order valence-electron chi connectivity index (χ0n) is 6.74. The van der Waals surface area contributed by atoms with Crippen LogP contribution in [0.3, 0.4) is 0 Å². The van der Waals surface area contributed by atoms with Crippen molar-refractivity contribution in [3.63, 3.8) is 0 Å². The monoisotopic (exact) mass is 179 g/mol. The predicted octanol–water partition coefficient (Wildman–Crippen LogP) is 2.17. The van der Waals surface area contributed by atoms with E-state index in [-0.39, 0.29) is 5.57 Å². The summed E-state index contributed by atoms with van der Waals surface area (Å²) < 4.78 is 0. The van der Waals surface area contributed by atoms with E-state index in [0.29, 0.717) is 0 Å². The van der Waals surface area contributed by atoms with Gasteiger partial charge < -0.3 is 5.11 Å². The molecular weight excluding hydrogens is 170 g/mol. The lowest BCUT2D eigenvalue weighted by molar-refractivity contribution is 0.225. The van der Waals surface area contributed by atoms with Crippen LogP contribution in [0.5, 0.6) is 0 Å². The summed E-state index contributed by atoms with van der Waals surface area (Å²) in [5.74, 6) is 0. The molecule has 1 N–H and O–H groups in total. The molecule has 0 aliphatic rings. The van der Waals surface area contributed by atoms with Gasteiger partial charge in [-0.1, -0.05) is 6.58 Å². The molecule has 3 heteroatoms. The number of rotatable bonds is 2. The molecule has 1 atom stereocenters. The highest BCUT2D eigenvalue weighted by Crippen LogP contribution is 2.26. The van der Waals surface area contributed by atoms with Crippen LogP contribution in [0.15, 0.2) is 24.3 Å². The second-order valence-corrected chi connectivity index (χ2v) is 3.81. The Bertz CT molecular complexity index is 335. The highest BCUT2D eigenvalue weighted by molar-refractivity contribution is 7.12. The minimum absolute atomic E-state index is 0.192. The smallest absolute Gasteiger partial charge is 0.122 e. The van der Waals surface area contributed by atoms with Crippen molar-refractivity contribution < 1.29 is 5.11 Å². The van der Waals surface area contributed by atoms with Gasteiger partial charge in [-0.2, -0.15) is 5.26 Å². The number of aliphatic hydroxyl groups is 1. The largest absolute Gasteiger partial charge is 0.382 e. The van der Waals surface area contributed by atoms with Gasteiger partial charge in [0.1, 0.15) is 6.10 Å². The van der Waals surface area contributed by atoms with Crippen LogP contribution in [-0.4, -0.2) is 5.11 Å². The average molecular weight is 179 g/mol. The van der Waals surface area contributed by atoms with E-state index < -0.39 is 6.10 Å². The minimum atomic E-state index is -0.825. The van der Waals surface area contributed by atoms with Crippen molar-refractivity contribution >= 4 is 11.3 Å². The molecule has 1 heterocycles. The van der Waals surface area contributed by atoms with Crippen LogP contribution in [0.1, 0.15) is 15.9 Å². The van der Waals surface area contributed by atoms with Crippen molar-refractivity contribution in [1.82, 2.24) is 0 Å². The van der Waals surface area contributed by atoms with Crippen molar-refractivity contribution in [1.29, 1.82) is 5.26 Å². The third-order valence-corrected chi connectivity index (χ3v) is 2.56. The number of hydrogen-bond acceptors (Lipinski definition) is 3. The zero-order chi connectivity index (χ0) is 9.14. The van der Waals surface area contributed by atoms with Gasteiger partial charge in [-0.05, 0) is 19.1 Å². The van der Waals surface area contributed by atoms with E-state index in [2.05, 4.69) is 6.58 Å². The van der Waals surface area contributed by atoms with Gasteiger partial charge in [0, 0.05) is 9.75 Å². The van der Waals surface area contributed by atoms with Gasteiger partial charge in [0.05, 0.1) is 11.6 Å². The van der Waals surface area contributed by atoms with Crippen LogP contribution >= 0.6 is 11.3 Å². The summed E-state index contributed by atoms with van der Waals surface area (Å²) in [6.07, 6.45) is -0.825. The molecule has 0 aromatic carbocycles. The molecule has 0 aliphatic heterocycles. The van der Waals surface area contributed by atoms with Crippen LogP contribution in [0.25, 0.3) is 0 Å². The fourth-order valence-electron chi connectivity index (χ4n) is 0.833. The summed E-state index contributed by atoms with van der Waals surface area (Å²) in [6.45, 7) is 5.41. The molecule has 1 aromatic heterocycles. The van der Waals surface area contributed by atoms with Crippen molar-refractivity contribution in [3.05, 3.63) is 34.0 Å². The molecule has 12 heavy (non-hydrogen) atoms. The first kappa shape index (κ1) is 8.98. The summed E-state index contributed by atoms with van der Waals surface area (Å²) in [4.78, 5) is 1.90. The van der Waals surface area contributed by atoms with Crippen LogP contribution in [-0.2, 0) is 0 Å². The van der Waals surface area contributed by atoms with Gasteiger partial charge in [-0.25, -0.2) is 0 Å². The molecule has 0 saturated heterocycles. The quantitative estimate of drug-likeness (QED) is 0.707. The van der Waals surface area contributed by atoms with Crippen LogP contribution < -0.4 is 0 Å². The SMILES string of the molecule is C=C(C#N)C(O)c1ccc(C)s1. The van der Waals surface area contributed by atoms with E-state index in [4.69, 9.17) is 5.26 Å². The molecule has 0 fully saturated rings. The van der Waals surface area contributed by atoms with Gasteiger partial charge in [0.15, 0.2) is 0 Å². The first-order valence-electron chi connectivity index (χ1n) is 3.48. The van der Waals surface area contributed by atoms with Crippen molar-refractivity contribution in [2.24, 2.45) is 0 Å². The summed E-state index contributed by atoms with van der Waals surface area (Å²) in [7, 11) is 0. The van der Waals surface area contributed by atoms with Gasteiger partial charge in [-0.15, -0.1) is 11.3 Å². The Kier molecular flexibility index (Phi) is 2.64. The Labute approximate surface area is 75.4 Å². The summed E-state index contributed by atoms with van der Waals surface area (Å²) in [6, 6.07) is 5.56. The summed E-state index contributed by atoms with van der Waals surface area (Å²) in [5, 5.41) is 18.0. The molecule has 1 rings (SSSR count). The number of nitriles is 1. The summed E-state index contributed by atoms with van der Waals surface area (Å²) >= 11 is 1.48. The molecule has 0 spiro atoms. The van der Waals surface area contributed by atoms with Crippen LogP contribution in [0.2, 0.25) is 0 Å². The summed E-state index contributed by atoms with van der Waals surface area (Å²) in [5.41, 5.74) is 0.192. The van der Waals surface area contributed by atoms with Crippen LogP contribution in [0, 0.1) is 18.3 Å². The van der Waals surface area contributed by atoms with Crippen molar-refractivity contribution in [3.8, 4) is 6.07 Å². The highest BCUT2D eigenvalue weighted by Gasteiger charge is 2.12. The lowest BCUT2D eigenvalue weighted by atomic mass is 10.1. The van der Waals surface area contributed by atoms with Crippen molar-refractivity contribution in [2.75, 3.05) is 0 Å². The molecule has 0 saturated carbocycles. The number of aliphatic hydroxyl groups excluding tert-OH is 1. The second kappa shape index (κ2) is 3.53.